The van der Waals surface area contributed by atoms with Gasteiger partial charge in [0.25, 0.3) is 0 Å². The lowest BCUT2D eigenvalue weighted by molar-refractivity contribution is 0.191. The molecule has 0 spiro atoms. The van der Waals surface area contributed by atoms with E-state index in [1.807, 2.05) is 6.92 Å². The normalized spacial score (nSPS) is 10.1. The number of rotatable bonds is 4. The number of nitrogens with zero attached hydrogens (tertiary/aromatic N) is 1. The quantitative estimate of drug-likeness (QED) is 0.883. The smallest absolute Gasteiger partial charge is 0.324 e. The zero-order chi connectivity index (χ0) is 11.3. The van der Waals surface area contributed by atoms with E-state index in [0.717, 1.165) is 0 Å². The van der Waals surface area contributed by atoms with Crippen LogP contribution in [0.5, 0.6) is 0 Å². The molecule has 6 heteroatoms. The van der Waals surface area contributed by atoms with Crippen molar-refractivity contribution < 1.29 is 14.3 Å². The number of likely N-dealkylation sites (N-methyl/N-ethyl adjacent to an activating group) is 1. The van der Waals surface area contributed by atoms with Gasteiger partial charge in [0.05, 0.1) is 6.61 Å². The second-order valence-electron chi connectivity index (χ2n) is 2.84. The Morgan fingerprint density at radius 1 is 1.67 bits per heavy atom. The molecule has 0 aliphatic heterocycles. The maximum Gasteiger partial charge on any atom is 0.324 e. The predicted octanol–water partition coefficient (Wildman–Crippen LogP) is 1.89. The summed E-state index contributed by atoms with van der Waals surface area (Å²) in [5.41, 5.74) is 0. The van der Waals surface area contributed by atoms with Gasteiger partial charge in [-0.2, -0.15) is 0 Å². The van der Waals surface area contributed by atoms with Crippen molar-refractivity contribution in [1.82, 2.24) is 4.90 Å². The number of aliphatic hydroxyl groups is 1. The number of nitrogens with one attached hydrogen (secondary N) is 1. The van der Waals surface area contributed by atoms with Gasteiger partial charge in [-0.25, -0.2) is 4.79 Å². The summed E-state index contributed by atoms with van der Waals surface area (Å²) in [6, 6.07) is 3.06. The number of halogens is 1. The molecule has 0 bridgehead atoms. The monoisotopic (exact) mass is 276 g/mol. The summed E-state index contributed by atoms with van der Waals surface area (Å²) < 4.78 is 5.68. The number of urea groups is 1. The second-order valence-corrected chi connectivity index (χ2v) is 3.62. The van der Waals surface area contributed by atoms with Crippen LogP contribution in [0.15, 0.2) is 21.2 Å². The molecule has 1 aromatic heterocycles. The molecule has 0 saturated heterocycles. The number of hydrogen-bond acceptors (Lipinski definition) is 3. The highest BCUT2D eigenvalue weighted by Crippen LogP contribution is 2.18. The summed E-state index contributed by atoms with van der Waals surface area (Å²) in [6.45, 7) is 2.63. The molecule has 1 rings (SSSR count). The molecule has 1 aromatic rings. The first-order chi connectivity index (χ1) is 7.17. The van der Waals surface area contributed by atoms with Gasteiger partial charge in [0, 0.05) is 19.2 Å². The first-order valence-electron chi connectivity index (χ1n) is 4.59. The van der Waals surface area contributed by atoms with Crippen molar-refractivity contribution >= 4 is 27.8 Å². The van der Waals surface area contributed by atoms with E-state index in [2.05, 4.69) is 21.2 Å². The van der Waals surface area contributed by atoms with E-state index in [0.29, 0.717) is 23.6 Å². The van der Waals surface area contributed by atoms with Crippen molar-refractivity contribution in [3.63, 3.8) is 0 Å². The molecule has 84 valence electrons. The molecule has 5 nitrogen and oxygen atoms in total. The zero-order valence-corrected chi connectivity index (χ0v) is 9.95. The maximum atomic E-state index is 11.6. The van der Waals surface area contributed by atoms with E-state index in [1.54, 1.807) is 12.1 Å². The van der Waals surface area contributed by atoms with Crippen molar-refractivity contribution in [2.45, 2.75) is 6.92 Å². The van der Waals surface area contributed by atoms with Gasteiger partial charge in [-0.15, -0.1) is 0 Å². The summed E-state index contributed by atoms with van der Waals surface area (Å²) in [4.78, 5) is 13.1. The average Bonchev–Trinajstić information content (AvgIpc) is 2.60. The molecular formula is C9H13BrN2O3. The van der Waals surface area contributed by atoms with Crippen LogP contribution in [0.3, 0.4) is 0 Å². The summed E-state index contributed by atoms with van der Waals surface area (Å²) in [5.74, 6) is 0.378. The molecule has 0 saturated carbocycles. The fraction of sp³-hybridized carbons (Fsp3) is 0.444. The van der Waals surface area contributed by atoms with Crippen molar-refractivity contribution in [1.29, 1.82) is 0 Å². The van der Waals surface area contributed by atoms with E-state index in [4.69, 9.17) is 9.52 Å². The van der Waals surface area contributed by atoms with Gasteiger partial charge in [0.2, 0.25) is 5.88 Å². The molecule has 2 N–H and O–H groups in total. The highest BCUT2D eigenvalue weighted by atomic mass is 79.9. The Morgan fingerprint density at radius 3 is 2.87 bits per heavy atom. The van der Waals surface area contributed by atoms with Gasteiger partial charge >= 0.3 is 6.03 Å². The molecule has 0 aliphatic carbocycles. The standard InChI is InChI=1S/C9H13BrN2O3/c1-2-12(5-6-13)9(14)11-8-4-3-7(10)15-8/h3-4,13H,2,5-6H2,1H3,(H,11,14). The third kappa shape index (κ3) is 3.56. The number of amides is 2. The number of aliphatic hydroxyl groups excluding tert-OH is 1. The number of hydrogen-bond donors (Lipinski definition) is 2. The molecule has 1 heterocycles. The summed E-state index contributed by atoms with van der Waals surface area (Å²) in [7, 11) is 0. The zero-order valence-electron chi connectivity index (χ0n) is 8.36. The number of carbonyl (C=O) groups is 1. The fourth-order valence-corrected chi connectivity index (χ4v) is 1.40. The maximum absolute atomic E-state index is 11.6. The van der Waals surface area contributed by atoms with Crippen LogP contribution in [0.2, 0.25) is 0 Å². The van der Waals surface area contributed by atoms with Crippen LogP contribution < -0.4 is 5.32 Å². The van der Waals surface area contributed by atoms with E-state index in [1.165, 1.54) is 4.90 Å². The second kappa shape index (κ2) is 5.77. The molecule has 15 heavy (non-hydrogen) atoms. The van der Waals surface area contributed by atoms with Crippen molar-refractivity contribution in [2.24, 2.45) is 0 Å². The summed E-state index contributed by atoms with van der Waals surface area (Å²) in [5, 5.41) is 11.3. The summed E-state index contributed by atoms with van der Waals surface area (Å²) >= 11 is 3.14. The van der Waals surface area contributed by atoms with Crippen molar-refractivity contribution in [3.05, 3.63) is 16.8 Å². The van der Waals surface area contributed by atoms with Crippen LogP contribution in [-0.4, -0.2) is 35.7 Å². The van der Waals surface area contributed by atoms with E-state index in [-0.39, 0.29) is 12.6 Å². The first-order valence-corrected chi connectivity index (χ1v) is 5.38. The SMILES string of the molecule is CCN(CCO)C(=O)Nc1ccc(Br)o1. The molecule has 0 fully saturated rings. The van der Waals surface area contributed by atoms with E-state index in [9.17, 15) is 4.79 Å². The molecular weight excluding hydrogens is 264 g/mol. The van der Waals surface area contributed by atoms with Gasteiger partial charge in [0.1, 0.15) is 0 Å². The Balaban J connectivity index is 2.53. The third-order valence-corrected chi connectivity index (χ3v) is 2.27. The highest BCUT2D eigenvalue weighted by Gasteiger charge is 2.12. The lowest BCUT2D eigenvalue weighted by Gasteiger charge is -2.19. The Bertz CT molecular complexity index is 327. The first kappa shape index (κ1) is 12.1. The van der Waals surface area contributed by atoms with Crippen LogP contribution in [-0.2, 0) is 0 Å². The summed E-state index contributed by atoms with van der Waals surface area (Å²) in [6.07, 6.45) is 0. The van der Waals surface area contributed by atoms with Gasteiger partial charge in [-0.3, -0.25) is 5.32 Å². The average molecular weight is 277 g/mol. The Morgan fingerprint density at radius 2 is 2.40 bits per heavy atom. The molecule has 0 aliphatic rings. The van der Waals surface area contributed by atoms with Gasteiger partial charge in [-0.05, 0) is 28.9 Å². The Hall–Kier alpha value is -1.01. The topological polar surface area (TPSA) is 65.7 Å². The van der Waals surface area contributed by atoms with Crippen molar-refractivity contribution in [2.75, 3.05) is 25.0 Å². The van der Waals surface area contributed by atoms with Crippen LogP contribution >= 0.6 is 15.9 Å². The van der Waals surface area contributed by atoms with Crippen LogP contribution in [0.25, 0.3) is 0 Å². The van der Waals surface area contributed by atoms with Gasteiger partial charge < -0.3 is 14.4 Å². The van der Waals surface area contributed by atoms with Crippen LogP contribution in [0, 0.1) is 0 Å². The van der Waals surface area contributed by atoms with E-state index >= 15 is 0 Å². The largest absolute Gasteiger partial charge is 0.434 e. The van der Waals surface area contributed by atoms with Crippen LogP contribution in [0.1, 0.15) is 6.92 Å². The minimum Gasteiger partial charge on any atom is -0.434 e. The lowest BCUT2D eigenvalue weighted by atomic mass is 10.5. The number of anilines is 1. The number of carbonyl (C=O) groups excluding carboxylic acids is 1. The Kier molecular flexibility index (Phi) is 4.64. The van der Waals surface area contributed by atoms with Gasteiger partial charge in [-0.1, -0.05) is 0 Å². The predicted molar refractivity (Wildman–Crippen MR) is 59.8 cm³/mol. The molecule has 2 amide bonds. The fourth-order valence-electron chi connectivity index (χ4n) is 1.09. The van der Waals surface area contributed by atoms with Crippen molar-refractivity contribution in [3.8, 4) is 0 Å². The minimum absolute atomic E-state index is 0.0525. The molecule has 0 aromatic carbocycles. The molecule has 0 unspecified atom stereocenters. The highest BCUT2D eigenvalue weighted by molar-refractivity contribution is 9.10. The minimum atomic E-state index is -0.284. The van der Waals surface area contributed by atoms with E-state index < -0.39 is 0 Å². The van der Waals surface area contributed by atoms with Crippen LogP contribution in [0.4, 0.5) is 10.7 Å². The van der Waals surface area contributed by atoms with Gasteiger partial charge in [0.15, 0.2) is 4.67 Å². The molecule has 0 radical (unpaired) electrons. The Labute approximate surface area is 96.2 Å². The lowest BCUT2D eigenvalue weighted by Crippen LogP contribution is -2.36. The number of furan rings is 1. The third-order valence-electron chi connectivity index (χ3n) is 1.84. The molecule has 0 atom stereocenters.